The van der Waals surface area contributed by atoms with Crippen LogP contribution in [-0.2, 0) is 14.3 Å². The topological polar surface area (TPSA) is 88.2 Å². The molecule has 2 aliphatic rings. The molecule has 2 heterocycles. The molecule has 1 aromatic rings. The Kier molecular flexibility index (Phi) is 6.53. The minimum atomic E-state index is -0.534. The first kappa shape index (κ1) is 21.9. The van der Waals surface area contributed by atoms with E-state index in [0.717, 1.165) is 6.42 Å². The predicted octanol–water partition coefficient (Wildman–Crippen LogP) is 3.41. The minimum absolute atomic E-state index is 0.0614. The van der Waals surface area contributed by atoms with Crippen molar-refractivity contribution in [2.45, 2.75) is 52.1 Å². The number of piperidine rings is 1. The third-order valence-electron chi connectivity index (χ3n) is 5.33. The second-order valence-corrected chi connectivity index (χ2v) is 8.77. The smallest absolute Gasteiger partial charge is 0.410 e. The van der Waals surface area contributed by atoms with Gasteiger partial charge in [-0.1, -0.05) is 0 Å². The summed E-state index contributed by atoms with van der Waals surface area (Å²) in [6.45, 7) is 7.14. The standard InChI is InChI=1S/C22H31N3O5/c1-22(2,3)30-21(28)24-12-9-15(10-13-24)20(27)23-16-7-8-18(29-4)17(14-16)25-11-5-6-19(25)26/h7-8,14-15H,5-6,9-13H2,1-4H3,(H,23,27). The molecule has 0 saturated carbocycles. The highest BCUT2D eigenvalue weighted by atomic mass is 16.6. The number of benzene rings is 1. The number of ether oxygens (including phenoxy) is 2. The van der Waals surface area contributed by atoms with Gasteiger partial charge < -0.3 is 24.6 Å². The van der Waals surface area contributed by atoms with Crippen molar-refractivity contribution in [2.24, 2.45) is 5.92 Å². The quantitative estimate of drug-likeness (QED) is 0.811. The monoisotopic (exact) mass is 417 g/mol. The van der Waals surface area contributed by atoms with Gasteiger partial charge in [0.25, 0.3) is 0 Å². The highest BCUT2D eigenvalue weighted by molar-refractivity contribution is 5.99. The summed E-state index contributed by atoms with van der Waals surface area (Å²) < 4.78 is 10.8. The van der Waals surface area contributed by atoms with Crippen molar-refractivity contribution in [1.29, 1.82) is 0 Å². The molecule has 0 bridgehead atoms. The number of carbonyl (C=O) groups excluding carboxylic acids is 3. The number of hydrogen-bond donors (Lipinski definition) is 1. The van der Waals surface area contributed by atoms with Crippen LogP contribution in [0.3, 0.4) is 0 Å². The summed E-state index contributed by atoms with van der Waals surface area (Å²) in [4.78, 5) is 40.4. The van der Waals surface area contributed by atoms with Crippen LogP contribution >= 0.6 is 0 Å². The van der Waals surface area contributed by atoms with Gasteiger partial charge in [0, 0.05) is 37.7 Å². The fourth-order valence-electron chi connectivity index (χ4n) is 3.78. The highest BCUT2D eigenvalue weighted by Gasteiger charge is 2.30. The number of carbonyl (C=O) groups is 3. The fourth-order valence-corrected chi connectivity index (χ4v) is 3.78. The molecule has 2 saturated heterocycles. The number of nitrogens with zero attached hydrogens (tertiary/aromatic N) is 2. The molecule has 30 heavy (non-hydrogen) atoms. The van der Waals surface area contributed by atoms with Crippen molar-refractivity contribution >= 4 is 29.3 Å². The fraction of sp³-hybridized carbons (Fsp3) is 0.591. The van der Waals surface area contributed by atoms with Crippen molar-refractivity contribution in [2.75, 3.05) is 37.0 Å². The van der Waals surface area contributed by atoms with Gasteiger partial charge in [0.2, 0.25) is 11.8 Å². The Bertz CT molecular complexity index is 809. The first-order valence-corrected chi connectivity index (χ1v) is 10.4. The molecule has 0 radical (unpaired) electrons. The van der Waals surface area contributed by atoms with E-state index < -0.39 is 5.60 Å². The van der Waals surface area contributed by atoms with Gasteiger partial charge in [0.15, 0.2) is 0 Å². The van der Waals surface area contributed by atoms with Gasteiger partial charge in [-0.2, -0.15) is 0 Å². The van der Waals surface area contributed by atoms with E-state index in [0.29, 0.717) is 56.0 Å². The molecule has 3 rings (SSSR count). The SMILES string of the molecule is COc1ccc(NC(=O)C2CCN(C(=O)OC(C)(C)C)CC2)cc1N1CCCC1=O. The lowest BCUT2D eigenvalue weighted by molar-refractivity contribution is -0.121. The number of nitrogens with one attached hydrogen (secondary N) is 1. The molecule has 0 aliphatic carbocycles. The van der Waals surface area contributed by atoms with Gasteiger partial charge in [0.1, 0.15) is 11.4 Å². The maximum atomic E-state index is 12.8. The van der Waals surface area contributed by atoms with Crippen molar-refractivity contribution in [3.8, 4) is 5.75 Å². The Morgan fingerprint density at radius 2 is 1.83 bits per heavy atom. The Morgan fingerprint density at radius 1 is 1.13 bits per heavy atom. The van der Waals surface area contributed by atoms with Crippen molar-refractivity contribution < 1.29 is 23.9 Å². The largest absolute Gasteiger partial charge is 0.495 e. The van der Waals surface area contributed by atoms with E-state index in [1.807, 2.05) is 20.8 Å². The molecular weight excluding hydrogens is 386 g/mol. The number of methoxy groups -OCH3 is 1. The number of amides is 3. The summed E-state index contributed by atoms with van der Waals surface area (Å²) in [5.41, 5.74) is 0.774. The lowest BCUT2D eigenvalue weighted by Crippen LogP contribution is -2.43. The van der Waals surface area contributed by atoms with Crippen LogP contribution in [0.5, 0.6) is 5.75 Å². The average molecular weight is 418 g/mol. The van der Waals surface area contributed by atoms with Crippen LogP contribution in [0.4, 0.5) is 16.2 Å². The van der Waals surface area contributed by atoms with Gasteiger partial charge in [-0.25, -0.2) is 4.79 Å². The molecule has 0 atom stereocenters. The van der Waals surface area contributed by atoms with Gasteiger partial charge in [0.05, 0.1) is 12.8 Å². The number of rotatable bonds is 4. The van der Waals surface area contributed by atoms with Crippen LogP contribution in [0.15, 0.2) is 18.2 Å². The zero-order valence-electron chi connectivity index (χ0n) is 18.2. The molecule has 0 spiro atoms. The molecule has 1 N–H and O–H groups in total. The second-order valence-electron chi connectivity index (χ2n) is 8.77. The summed E-state index contributed by atoms with van der Waals surface area (Å²) in [6, 6.07) is 5.33. The lowest BCUT2D eigenvalue weighted by atomic mass is 9.96. The highest BCUT2D eigenvalue weighted by Crippen LogP contribution is 2.34. The van der Waals surface area contributed by atoms with Crippen LogP contribution in [0.2, 0.25) is 0 Å². The van der Waals surface area contributed by atoms with Crippen molar-refractivity contribution in [3.63, 3.8) is 0 Å². The van der Waals surface area contributed by atoms with Gasteiger partial charge in [-0.05, 0) is 58.2 Å². The molecular formula is C22H31N3O5. The van der Waals surface area contributed by atoms with Crippen molar-refractivity contribution in [1.82, 2.24) is 4.90 Å². The summed E-state index contributed by atoms with van der Waals surface area (Å²) in [5, 5.41) is 2.96. The average Bonchev–Trinajstić information content (AvgIpc) is 3.12. The van der Waals surface area contributed by atoms with Gasteiger partial charge >= 0.3 is 6.09 Å². The minimum Gasteiger partial charge on any atom is -0.495 e. The molecule has 2 fully saturated rings. The Hall–Kier alpha value is -2.77. The van der Waals surface area contributed by atoms with E-state index in [9.17, 15) is 14.4 Å². The lowest BCUT2D eigenvalue weighted by Gasteiger charge is -2.33. The summed E-state index contributed by atoms with van der Waals surface area (Å²) in [6.07, 6.45) is 2.17. The van der Waals surface area contributed by atoms with E-state index in [2.05, 4.69) is 5.32 Å². The zero-order valence-corrected chi connectivity index (χ0v) is 18.2. The van der Waals surface area contributed by atoms with E-state index in [1.54, 1.807) is 35.1 Å². The normalized spacial score (nSPS) is 17.8. The third kappa shape index (κ3) is 5.23. The molecule has 3 amide bonds. The molecule has 1 aromatic carbocycles. The number of hydrogen-bond acceptors (Lipinski definition) is 5. The maximum absolute atomic E-state index is 12.8. The third-order valence-corrected chi connectivity index (χ3v) is 5.33. The Balaban J connectivity index is 1.60. The summed E-state index contributed by atoms with van der Waals surface area (Å²) in [5.74, 6) is 0.408. The van der Waals surface area contributed by atoms with Crippen LogP contribution in [0, 0.1) is 5.92 Å². The molecule has 8 heteroatoms. The van der Waals surface area contributed by atoms with E-state index in [-0.39, 0.29) is 23.8 Å². The van der Waals surface area contributed by atoms with E-state index in [4.69, 9.17) is 9.47 Å². The first-order valence-electron chi connectivity index (χ1n) is 10.4. The van der Waals surface area contributed by atoms with Gasteiger partial charge in [-0.15, -0.1) is 0 Å². The van der Waals surface area contributed by atoms with E-state index in [1.165, 1.54) is 0 Å². The maximum Gasteiger partial charge on any atom is 0.410 e. The molecule has 164 valence electrons. The molecule has 0 unspecified atom stereocenters. The molecule has 0 aromatic heterocycles. The van der Waals surface area contributed by atoms with Crippen molar-refractivity contribution in [3.05, 3.63) is 18.2 Å². The predicted molar refractivity (Wildman–Crippen MR) is 114 cm³/mol. The molecule has 8 nitrogen and oxygen atoms in total. The van der Waals surface area contributed by atoms with Crippen LogP contribution in [-0.4, -0.2) is 55.2 Å². The first-order chi connectivity index (χ1) is 14.2. The Labute approximate surface area is 177 Å². The number of likely N-dealkylation sites (tertiary alicyclic amines) is 1. The number of anilines is 2. The second kappa shape index (κ2) is 8.93. The Morgan fingerprint density at radius 3 is 2.40 bits per heavy atom. The summed E-state index contributed by atoms with van der Waals surface area (Å²) in [7, 11) is 1.57. The van der Waals surface area contributed by atoms with Crippen LogP contribution in [0.25, 0.3) is 0 Å². The van der Waals surface area contributed by atoms with Crippen LogP contribution in [0.1, 0.15) is 46.5 Å². The van der Waals surface area contributed by atoms with Gasteiger partial charge in [-0.3, -0.25) is 9.59 Å². The van der Waals surface area contributed by atoms with Crippen LogP contribution < -0.4 is 15.0 Å². The molecule has 2 aliphatic heterocycles. The zero-order chi connectivity index (χ0) is 21.9. The summed E-state index contributed by atoms with van der Waals surface area (Å²) >= 11 is 0. The van der Waals surface area contributed by atoms with E-state index >= 15 is 0 Å².